The van der Waals surface area contributed by atoms with Crippen molar-refractivity contribution < 1.29 is 13.9 Å². The van der Waals surface area contributed by atoms with Gasteiger partial charge in [0.15, 0.2) is 0 Å². The maximum absolute atomic E-state index is 13.3. The van der Waals surface area contributed by atoms with Crippen LogP contribution in [-0.4, -0.2) is 41.6 Å². The van der Waals surface area contributed by atoms with Crippen molar-refractivity contribution in [1.29, 1.82) is 0 Å². The van der Waals surface area contributed by atoms with Gasteiger partial charge in [-0.05, 0) is 55.8 Å². The maximum Gasteiger partial charge on any atom is 0.262 e. The fourth-order valence-corrected chi connectivity index (χ4v) is 4.13. The van der Waals surface area contributed by atoms with Gasteiger partial charge in [0.25, 0.3) is 11.5 Å². The predicted octanol–water partition coefficient (Wildman–Crippen LogP) is 4.62. The number of pyridine rings is 1. The molecule has 1 atom stereocenters. The lowest BCUT2D eigenvalue weighted by Crippen LogP contribution is -2.39. The number of benzene rings is 2. The average Bonchev–Trinajstić information content (AvgIpc) is 3.41. The van der Waals surface area contributed by atoms with Crippen LogP contribution in [0, 0.1) is 0 Å². The molecule has 0 aliphatic heterocycles. The minimum absolute atomic E-state index is 0.177. The highest BCUT2D eigenvalue weighted by atomic mass is 16.5. The molecule has 0 unspecified atom stereocenters. The number of fused-ring (bicyclic) bond motifs is 1. The third-order valence-corrected chi connectivity index (χ3v) is 6.36. The van der Waals surface area contributed by atoms with E-state index in [0.29, 0.717) is 53.4 Å². The zero-order valence-electron chi connectivity index (χ0n) is 20.4. The standard InChI is InChI=1S/C28H31N3O4/c1-4-20(2)30(18-23-8-7-17-35-23)16-15-29-27(32)26-19-31(21-11-13-22(34-3)14-12-21)28(33)25-10-6-5-9-24(25)26/h5-14,17,19-20H,4,15-16,18H2,1-3H3,(H,29,32)/t20-/m1/s1. The summed E-state index contributed by atoms with van der Waals surface area (Å²) in [7, 11) is 1.59. The van der Waals surface area contributed by atoms with Gasteiger partial charge in [-0.15, -0.1) is 0 Å². The molecule has 2 aromatic carbocycles. The summed E-state index contributed by atoms with van der Waals surface area (Å²) in [5.74, 6) is 1.38. The largest absolute Gasteiger partial charge is 0.497 e. The number of ether oxygens (including phenoxy) is 1. The van der Waals surface area contributed by atoms with E-state index in [1.165, 1.54) is 4.57 Å². The Balaban J connectivity index is 1.57. The quantitative estimate of drug-likeness (QED) is 0.364. The topological polar surface area (TPSA) is 76.7 Å². The number of carbonyl (C=O) groups excluding carboxylic acids is 1. The molecule has 0 saturated heterocycles. The van der Waals surface area contributed by atoms with Gasteiger partial charge in [0, 0.05) is 41.8 Å². The first-order valence-electron chi connectivity index (χ1n) is 11.8. The molecular weight excluding hydrogens is 442 g/mol. The van der Waals surface area contributed by atoms with E-state index in [-0.39, 0.29) is 11.5 Å². The fourth-order valence-electron chi connectivity index (χ4n) is 4.13. The van der Waals surface area contributed by atoms with Crippen LogP contribution in [0.4, 0.5) is 0 Å². The molecule has 182 valence electrons. The lowest BCUT2D eigenvalue weighted by Gasteiger charge is -2.27. The number of nitrogens with one attached hydrogen (secondary N) is 1. The van der Waals surface area contributed by atoms with Crippen LogP contribution in [0.15, 0.2) is 82.3 Å². The minimum atomic E-state index is -0.217. The lowest BCUT2D eigenvalue weighted by molar-refractivity contribution is 0.0942. The Morgan fingerprint density at radius 2 is 1.83 bits per heavy atom. The normalized spacial score (nSPS) is 12.1. The number of carbonyl (C=O) groups is 1. The van der Waals surface area contributed by atoms with E-state index in [1.54, 1.807) is 49.9 Å². The van der Waals surface area contributed by atoms with Crippen molar-refractivity contribution in [2.45, 2.75) is 32.9 Å². The van der Waals surface area contributed by atoms with Crippen LogP contribution in [0.1, 0.15) is 36.4 Å². The van der Waals surface area contributed by atoms with Crippen LogP contribution in [0.2, 0.25) is 0 Å². The molecule has 0 bridgehead atoms. The molecule has 1 N–H and O–H groups in total. The van der Waals surface area contributed by atoms with Crippen LogP contribution in [0.3, 0.4) is 0 Å². The lowest BCUT2D eigenvalue weighted by atomic mass is 10.1. The molecule has 1 amide bonds. The molecule has 0 aliphatic carbocycles. The third kappa shape index (κ3) is 5.46. The second-order valence-corrected chi connectivity index (χ2v) is 8.52. The Morgan fingerprint density at radius 3 is 2.49 bits per heavy atom. The molecule has 2 heterocycles. The number of aromatic nitrogens is 1. The summed E-state index contributed by atoms with van der Waals surface area (Å²) >= 11 is 0. The number of nitrogens with zero attached hydrogens (tertiary/aromatic N) is 2. The number of amides is 1. The summed E-state index contributed by atoms with van der Waals surface area (Å²) in [6.07, 6.45) is 4.29. The molecule has 35 heavy (non-hydrogen) atoms. The zero-order valence-corrected chi connectivity index (χ0v) is 20.4. The summed E-state index contributed by atoms with van der Waals surface area (Å²) in [6, 6.07) is 18.6. The Bertz CT molecular complexity index is 1330. The minimum Gasteiger partial charge on any atom is -0.497 e. The van der Waals surface area contributed by atoms with Crippen molar-refractivity contribution in [3.8, 4) is 11.4 Å². The monoisotopic (exact) mass is 473 g/mol. The number of rotatable bonds is 10. The second-order valence-electron chi connectivity index (χ2n) is 8.52. The molecule has 7 nitrogen and oxygen atoms in total. The molecular formula is C28H31N3O4. The van der Waals surface area contributed by atoms with Gasteiger partial charge in [-0.2, -0.15) is 0 Å². The molecule has 2 aromatic heterocycles. The van der Waals surface area contributed by atoms with Crippen molar-refractivity contribution in [1.82, 2.24) is 14.8 Å². The molecule has 0 spiro atoms. The van der Waals surface area contributed by atoms with Crippen molar-refractivity contribution in [3.63, 3.8) is 0 Å². The first-order chi connectivity index (χ1) is 17.0. The van der Waals surface area contributed by atoms with Gasteiger partial charge in [-0.1, -0.05) is 25.1 Å². The average molecular weight is 474 g/mol. The fraction of sp³-hybridized carbons (Fsp3) is 0.286. The Kier molecular flexibility index (Phi) is 7.67. The molecule has 0 saturated carbocycles. The van der Waals surface area contributed by atoms with Crippen molar-refractivity contribution in [3.05, 3.63) is 94.8 Å². The van der Waals surface area contributed by atoms with E-state index in [0.717, 1.165) is 12.2 Å². The number of furan rings is 1. The first kappa shape index (κ1) is 24.3. The number of methoxy groups -OCH3 is 1. The van der Waals surface area contributed by atoms with E-state index in [4.69, 9.17) is 9.15 Å². The highest BCUT2D eigenvalue weighted by molar-refractivity contribution is 6.06. The van der Waals surface area contributed by atoms with Crippen molar-refractivity contribution in [2.24, 2.45) is 0 Å². The first-order valence-corrected chi connectivity index (χ1v) is 11.8. The highest BCUT2D eigenvalue weighted by Crippen LogP contribution is 2.19. The smallest absolute Gasteiger partial charge is 0.262 e. The molecule has 0 radical (unpaired) electrons. The predicted molar refractivity (Wildman–Crippen MR) is 137 cm³/mol. The van der Waals surface area contributed by atoms with Gasteiger partial charge in [-0.3, -0.25) is 19.1 Å². The summed E-state index contributed by atoms with van der Waals surface area (Å²) < 4.78 is 12.3. The van der Waals surface area contributed by atoms with Crippen molar-refractivity contribution >= 4 is 16.7 Å². The third-order valence-electron chi connectivity index (χ3n) is 6.36. The van der Waals surface area contributed by atoms with Crippen molar-refractivity contribution in [2.75, 3.05) is 20.2 Å². The van der Waals surface area contributed by atoms with Crippen LogP contribution in [0.25, 0.3) is 16.5 Å². The van der Waals surface area contributed by atoms with Crippen LogP contribution in [-0.2, 0) is 6.54 Å². The van der Waals surface area contributed by atoms with Gasteiger partial charge < -0.3 is 14.5 Å². The number of hydrogen-bond acceptors (Lipinski definition) is 5. The van der Waals surface area contributed by atoms with E-state index in [2.05, 4.69) is 24.1 Å². The zero-order chi connectivity index (χ0) is 24.8. The van der Waals surface area contributed by atoms with E-state index >= 15 is 0 Å². The maximum atomic E-state index is 13.3. The molecule has 7 heteroatoms. The van der Waals surface area contributed by atoms with Crippen LogP contribution < -0.4 is 15.6 Å². The Morgan fingerprint density at radius 1 is 1.09 bits per heavy atom. The summed E-state index contributed by atoms with van der Waals surface area (Å²) in [5.41, 5.74) is 0.942. The Hall–Kier alpha value is -3.84. The highest BCUT2D eigenvalue weighted by Gasteiger charge is 2.18. The summed E-state index contributed by atoms with van der Waals surface area (Å²) in [4.78, 5) is 28.8. The molecule has 0 fully saturated rings. The summed E-state index contributed by atoms with van der Waals surface area (Å²) in [5, 5.41) is 4.18. The van der Waals surface area contributed by atoms with Gasteiger partial charge in [-0.25, -0.2) is 0 Å². The molecule has 0 aliphatic rings. The van der Waals surface area contributed by atoms with Gasteiger partial charge in [0.1, 0.15) is 11.5 Å². The van der Waals surface area contributed by atoms with Crippen LogP contribution in [0.5, 0.6) is 5.75 Å². The van der Waals surface area contributed by atoms with E-state index in [9.17, 15) is 9.59 Å². The molecule has 4 rings (SSSR count). The molecule has 4 aromatic rings. The second kappa shape index (κ2) is 11.1. The SMILES string of the molecule is CC[C@@H](C)N(CCNC(=O)c1cn(-c2ccc(OC)cc2)c(=O)c2ccccc12)Cc1ccco1. The van der Waals surface area contributed by atoms with Gasteiger partial charge >= 0.3 is 0 Å². The van der Waals surface area contributed by atoms with Gasteiger partial charge in [0.2, 0.25) is 0 Å². The number of hydrogen-bond donors (Lipinski definition) is 1. The van der Waals surface area contributed by atoms with E-state index in [1.807, 2.05) is 30.3 Å². The van der Waals surface area contributed by atoms with Gasteiger partial charge in [0.05, 0.1) is 25.5 Å². The summed E-state index contributed by atoms with van der Waals surface area (Å²) in [6.45, 7) is 6.15. The van der Waals surface area contributed by atoms with E-state index < -0.39 is 0 Å². The van der Waals surface area contributed by atoms with Crippen LogP contribution >= 0.6 is 0 Å². The Labute approximate surface area is 204 Å².